The molecule has 0 N–H and O–H groups in total. The van der Waals surface area contributed by atoms with Crippen LogP contribution in [-0.2, 0) is 0 Å². The number of ketones is 4. The number of fused-ring (bicyclic) bond motifs is 2. The van der Waals surface area contributed by atoms with Crippen molar-refractivity contribution in [2.75, 3.05) is 0 Å². The van der Waals surface area contributed by atoms with Crippen LogP contribution in [0, 0.1) is 13.8 Å². The first-order valence-corrected chi connectivity index (χ1v) is 13.5. The first kappa shape index (κ1) is 23.6. The lowest BCUT2D eigenvalue weighted by Crippen LogP contribution is -2.30. The quantitative estimate of drug-likeness (QED) is 0.189. The Morgan fingerprint density at radius 2 is 0.833 bits per heavy atom. The van der Waals surface area contributed by atoms with Crippen molar-refractivity contribution in [3.05, 3.63) is 56.3 Å². The van der Waals surface area contributed by atoms with Gasteiger partial charge in [-0.1, -0.05) is 0 Å². The van der Waals surface area contributed by atoms with Crippen LogP contribution >= 0.6 is 45.3 Å². The van der Waals surface area contributed by atoms with Crippen LogP contribution in [0.3, 0.4) is 0 Å². The van der Waals surface area contributed by atoms with E-state index in [2.05, 4.69) is 0 Å². The first-order valence-electron chi connectivity index (χ1n) is 10.3. The monoisotopic (exact) mass is 566 g/mol. The third kappa shape index (κ3) is 2.89. The molecular weight excluding hydrogens is 557 g/mol. The van der Waals surface area contributed by atoms with Gasteiger partial charge in [0.2, 0.25) is 11.6 Å². The summed E-state index contributed by atoms with van der Waals surface area (Å²) >= 11 is 4.48. The van der Waals surface area contributed by atoms with Gasteiger partial charge in [0.05, 0.1) is 9.75 Å². The number of halogens is 4. The van der Waals surface area contributed by atoms with Gasteiger partial charge in [0.15, 0.2) is 0 Å². The molecule has 0 aromatic carbocycles. The van der Waals surface area contributed by atoms with E-state index in [1.54, 1.807) is 26.0 Å². The summed E-state index contributed by atoms with van der Waals surface area (Å²) in [7, 11) is 0. The van der Waals surface area contributed by atoms with E-state index in [1.165, 1.54) is 22.7 Å². The predicted octanol–water partition coefficient (Wildman–Crippen LogP) is 7.58. The molecule has 36 heavy (non-hydrogen) atoms. The van der Waals surface area contributed by atoms with E-state index in [0.717, 1.165) is 32.4 Å². The zero-order chi connectivity index (χ0) is 25.9. The largest absolute Gasteiger partial charge is 0.372 e. The van der Waals surface area contributed by atoms with Crippen LogP contribution in [0.4, 0.5) is 17.6 Å². The third-order valence-electron chi connectivity index (χ3n) is 6.20. The molecule has 4 nitrogen and oxygen atoms in total. The number of carbonyl (C=O) groups excluding carboxylic acids is 4. The van der Waals surface area contributed by atoms with Crippen molar-refractivity contribution in [1.82, 2.24) is 0 Å². The minimum Gasteiger partial charge on any atom is -0.287 e. The fourth-order valence-electron chi connectivity index (χ4n) is 4.35. The van der Waals surface area contributed by atoms with E-state index in [4.69, 9.17) is 0 Å². The van der Waals surface area contributed by atoms with Gasteiger partial charge in [0, 0.05) is 40.4 Å². The van der Waals surface area contributed by atoms with E-state index < -0.39 is 35.0 Å². The summed E-state index contributed by atoms with van der Waals surface area (Å²) in [5, 5.41) is 0. The van der Waals surface area contributed by atoms with Crippen LogP contribution in [0.5, 0.6) is 0 Å². The highest BCUT2D eigenvalue weighted by Gasteiger charge is 2.58. The topological polar surface area (TPSA) is 68.3 Å². The zero-order valence-corrected chi connectivity index (χ0v) is 21.4. The lowest BCUT2D eigenvalue weighted by Gasteiger charge is -2.05. The molecule has 0 radical (unpaired) electrons. The average molecular weight is 567 g/mol. The molecule has 0 bridgehead atoms. The maximum atomic E-state index is 13.8. The Balaban J connectivity index is 1.34. The van der Waals surface area contributed by atoms with Crippen molar-refractivity contribution < 1.29 is 36.7 Å². The van der Waals surface area contributed by atoms with Crippen LogP contribution in [-0.4, -0.2) is 35.0 Å². The minimum absolute atomic E-state index is 0.214. The van der Waals surface area contributed by atoms with Crippen LogP contribution in [0.1, 0.15) is 51.2 Å². The summed E-state index contributed by atoms with van der Waals surface area (Å²) in [5.41, 5.74) is 0.268. The van der Waals surface area contributed by atoms with E-state index in [9.17, 15) is 36.7 Å². The van der Waals surface area contributed by atoms with Gasteiger partial charge < -0.3 is 0 Å². The molecule has 0 saturated heterocycles. The Bertz CT molecular complexity index is 1570. The lowest BCUT2D eigenvalue weighted by atomic mass is 10.1. The molecule has 6 rings (SSSR count). The normalized spacial score (nSPS) is 17.8. The maximum absolute atomic E-state index is 13.8. The van der Waals surface area contributed by atoms with E-state index >= 15 is 0 Å². The average Bonchev–Trinajstić information content (AvgIpc) is 3.64. The van der Waals surface area contributed by atoms with E-state index in [0.29, 0.717) is 30.6 Å². The van der Waals surface area contributed by atoms with Gasteiger partial charge in [-0.15, -0.1) is 45.3 Å². The van der Waals surface area contributed by atoms with Gasteiger partial charge in [-0.25, -0.2) is 0 Å². The van der Waals surface area contributed by atoms with Crippen molar-refractivity contribution in [2.45, 2.75) is 25.7 Å². The highest BCUT2D eigenvalue weighted by atomic mass is 32.1. The number of hydrogen-bond acceptors (Lipinski definition) is 8. The number of thiophene rings is 4. The molecule has 0 unspecified atom stereocenters. The molecule has 182 valence electrons. The van der Waals surface area contributed by atoms with Gasteiger partial charge in [-0.3, -0.25) is 19.2 Å². The Labute approximate surface area is 215 Å². The Kier molecular flexibility index (Phi) is 4.83. The van der Waals surface area contributed by atoms with Crippen LogP contribution in [0.25, 0.3) is 29.3 Å². The smallest absolute Gasteiger partial charge is 0.287 e. The summed E-state index contributed by atoms with van der Waals surface area (Å²) < 4.78 is 55.4. The van der Waals surface area contributed by atoms with Crippen molar-refractivity contribution in [3.63, 3.8) is 0 Å². The molecule has 4 aromatic heterocycles. The molecule has 4 heterocycles. The van der Waals surface area contributed by atoms with Crippen molar-refractivity contribution in [2.24, 2.45) is 0 Å². The highest BCUT2D eigenvalue weighted by molar-refractivity contribution is 7.29. The van der Waals surface area contributed by atoms with Crippen LogP contribution in [0.2, 0.25) is 0 Å². The van der Waals surface area contributed by atoms with Crippen molar-refractivity contribution in [1.29, 1.82) is 0 Å². The van der Waals surface area contributed by atoms with Crippen LogP contribution in [0.15, 0.2) is 24.3 Å². The molecule has 2 aliphatic rings. The number of hydrogen-bond donors (Lipinski definition) is 0. The second-order valence-corrected chi connectivity index (χ2v) is 12.5. The minimum atomic E-state index is -4.01. The number of alkyl halides is 4. The maximum Gasteiger partial charge on any atom is 0.372 e. The molecule has 0 atom stereocenters. The second kappa shape index (κ2) is 7.37. The molecule has 0 amide bonds. The molecular formula is C24H10F4O4S4. The molecule has 0 fully saturated rings. The number of rotatable bonds is 3. The summed E-state index contributed by atoms with van der Waals surface area (Å²) in [6.07, 6.45) is 0. The highest BCUT2D eigenvalue weighted by Crippen LogP contribution is 2.50. The van der Waals surface area contributed by atoms with Crippen molar-refractivity contribution >= 4 is 68.5 Å². The fraction of sp³-hybridized carbons (Fsp3) is 0.167. The summed E-state index contributed by atoms with van der Waals surface area (Å²) in [4.78, 5) is 52.0. The molecule has 0 spiro atoms. The Hall–Kier alpha value is -2.80. The molecule has 2 aliphatic carbocycles. The van der Waals surface area contributed by atoms with Gasteiger partial charge in [0.25, 0.3) is 11.6 Å². The first-order chi connectivity index (χ1) is 16.9. The van der Waals surface area contributed by atoms with Gasteiger partial charge in [-0.2, -0.15) is 17.6 Å². The second-order valence-electron chi connectivity index (χ2n) is 8.31. The van der Waals surface area contributed by atoms with Crippen molar-refractivity contribution in [3.8, 4) is 29.3 Å². The predicted molar refractivity (Wildman–Crippen MR) is 131 cm³/mol. The van der Waals surface area contributed by atoms with Crippen LogP contribution < -0.4 is 0 Å². The molecule has 12 heteroatoms. The van der Waals surface area contributed by atoms with Gasteiger partial charge in [0.1, 0.15) is 0 Å². The standard InChI is InChI=1S/C24H10F4O4S4/c1-7-13-17(21(31)23(25,26)19(13)29)35-15(7)11-5-3-9(33-11)10-4-6-12(34-10)16-8(2)14-18(36-16)22(32)24(27,28)20(14)30/h3-6H,1-2H3. The summed E-state index contributed by atoms with van der Waals surface area (Å²) in [6.45, 7) is 3.09. The summed E-state index contributed by atoms with van der Waals surface area (Å²) in [6, 6.07) is 7.22. The Morgan fingerprint density at radius 1 is 0.500 bits per heavy atom. The van der Waals surface area contributed by atoms with Gasteiger partial charge >= 0.3 is 11.8 Å². The fourth-order valence-corrected chi connectivity index (χ4v) is 9.34. The third-order valence-corrected chi connectivity index (χ3v) is 11.5. The van der Waals surface area contributed by atoms with E-state index in [-0.39, 0.29) is 20.9 Å². The Morgan fingerprint density at radius 3 is 1.17 bits per heavy atom. The van der Waals surface area contributed by atoms with E-state index in [1.807, 2.05) is 12.1 Å². The molecule has 0 saturated carbocycles. The SMILES string of the molecule is Cc1c(-c2ccc(-c3ccc(-c4sc5c(c4C)C(=O)C(F)(F)C5=O)s3)s2)sc2c1C(=O)C(F)(F)C2=O. The van der Waals surface area contributed by atoms with Gasteiger partial charge in [-0.05, 0) is 49.2 Å². The molecule has 0 aliphatic heterocycles. The zero-order valence-electron chi connectivity index (χ0n) is 18.1. The lowest BCUT2D eigenvalue weighted by molar-refractivity contribution is 0.0187. The number of carbonyl (C=O) groups is 4. The molecule has 4 aromatic rings. The number of Topliss-reactive ketones (excluding diaryl/α,β-unsaturated/α-hetero) is 4. The summed E-state index contributed by atoms with van der Waals surface area (Å²) in [5.74, 6) is -13.9.